The first-order chi connectivity index (χ1) is 12.8. The molecule has 136 valence electrons. The fourth-order valence-electron chi connectivity index (χ4n) is 2.67. The standard InChI is InChI=1S/C19H14F3N5/c20-19(21,22)14-10-13(9-12-7-4-8-26-16(12)14)15(23)17(27-18(24)25)11-5-2-1-3-6-11/h1-10,23H,(H3,24,25)/b23-15?,27-17-. The second-order valence-corrected chi connectivity index (χ2v) is 5.68. The number of nitrogens with one attached hydrogen (secondary N) is 2. The Morgan fingerprint density at radius 2 is 1.67 bits per heavy atom. The van der Waals surface area contributed by atoms with Crippen molar-refractivity contribution in [2.75, 3.05) is 0 Å². The van der Waals surface area contributed by atoms with Crippen LogP contribution in [-0.2, 0) is 6.18 Å². The van der Waals surface area contributed by atoms with Crippen molar-refractivity contribution < 1.29 is 13.2 Å². The summed E-state index contributed by atoms with van der Waals surface area (Å²) >= 11 is 0. The molecule has 1 heterocycles. The molecule has 0 amide bonds. The van der Waals surface area contributed by atoms with Crippen LogP contribution in [0.4, 0.5) is 13.2 Å². The maximum Gasteiger partial charge on any atom is 0.418 e. The Labute approximate surface area is 152 Å². The van der Waals surface area contributed by atoms with Crippen molar-refractivity contribution in [1.82, 2.24) is 4.98 Å². The number of alkyl halides is 3. The van der Waals surface area contributed by atoms with Gasteiger partial charge in [-0.25, -0.2) is 4.99 Å². The Hall–Kier alpha value is -3.55. The zero-order valence-corrected chi connectivity index (χ0v) is 13.9. The van der Waals surface area contributed by atoms with Crippen LogP contribution < -0.4 is 5.73 Å². The highest BCUT2D eigenvalue weighted by atomic mass is 19.4. The van der Waals surface area contributed by atoms with Crippen LogP contribution in [0.1, 0.15) is 16.7 Å². The van der Waals surface area contributed by atoms with Crippen molar-refractivity contribution in [3.8, 4) is 0 Å². The monoisotopic (exact) mass is 369 g/mol. The molecule has 0 unspecified atom stereocenters. The molecule has 0 fully saturated rings. The van der Waals surface area contributed by atoms with Crippen LogP contribution in [0.25, 0.3) is 10.9 Å². The van der Waals surface area contributed by atoms with Gasteiger partial charge in [0.25, 0.3) is 0 Å². The highest BCUT2D eigenvalue weighted by Crippen LogP contribution is 2.35. The minimum atomic E-state index is -4.63. The van der Waals surface area contributed by atoms with Crippen molar-refractivity contribution >= 4 is 28.3 Å². The first kappa shape index (κ1) is 18.2. The van der Waals surface area contributed by atoms with E-state index in [1.807, 2.05) is 0 Å². The van der Waals surface area contributed by atoms with Crippen molar-refractivity contribution in [1.29, 1.82) is 10.8 Å². The van der Waals surface area contributed by atoms with Crippen LogP contribution in [-0.4, -0.2) is 22.4 Å². The molecule has 0 spiro atoms. The number of rotatable bonds is 3. The summed E-state index contributed by atoms with van der Waals surface area (Å²) in [6, 6.07) is 13.8. The van der Waals surface area contributed by atoms with E-state index in [9.17, 15) is 13.2 Å². The number of nitrogens with zero attached hydrogens (tertiary/aromatic N) is 2. The maximum absolute atomic E-state index is 13.5. The van der Waals surface area contributed by atoms with Crippen LogP contribution in [0.15, 0.2) is 65.8 Å². The molecule has 0 aliphatic carbocycles. The Morgan fingerprint density at radius 3 is 2.30 bits per heavy atom. The molecule has 3 aromatic rings. The molecule has 0 radical (unpaired) electrons. The van der Waals surface area contributed by atoms with Gasteiger partial charge in [0.2, 0.25) is 5.96 Å². The number of hydrogen-bond donors (Lipinski definition) is 3. The maximum atomic E-state index is 13.5. The van der Waals surface area contributed by atoms with Gasteiger partial charge in [-0.15, -0.1) is 0 Å². The summed E-state index contributed by atoms with van der Waals surface area (Å²) in [6.07, 6.45) is -3.34. The van der Waals surface area contributed by atoms with Gasteiger partial charge in [0.05, 0.1) is 22.5 Å². The quantitative estimate of drug-likeness (QED) is 0.480. The molecule has 0 saturated heterocycles. The summed E-state index contributed by atoms with van der Waals surface area (Å²) in [5, 5.41) is 16.1. The second-order valence-electron chi connectivity index (χ2n) is 5.68. The van der Waals surface area contributed by atoms with Gasteiger partial charge < -0.3 is 5.73 Å². The molecule has 5 nitrogen and oxygen atoms in total. The molecule has 0 aliphatic heterocycles. The predicted octanol–water partition coefficient (Wildman–Crippen LogP) is 4.00. The third-order valence-corrected chi connectivity index (χ3v) is 3.82. The van der Waals surface area contributed by atoms with E-state index in [4.69, 9.17) is 16.6 Å². The molecule has 27 heavy (non-hydrogen) atoms. The third-order valence-electron chi connectivity index (χ3n) is 3.82. The number of fused-ring (bicyclic) bond motifs is 1. The first-order valence-corrected chi connectivity index (χ1v) is 7.81. The average Bonchev–Trinajstić information content (AvgIpc) is 2.64. The fraction of sp³-hybridized carbons (Fsp3) is 0.0526. The van der Waals surface area contributed by atoms with E-state index in [2.05, 4.69) is 9.98 Å². The topological polar surface area (TPSA) is 99.0 Å². The summed E-state index contributed by atoms with van der Waals surface area (Å²) in [5.74, 6) is -0.544. The lowest BCUT2D eigenvalue weighted by molar-refractivity contribution is -0.136. The Kier molecular flexibility index (Phi) is 4.72. The van der Waals surface area contributed by atoms with Crippen molar-refractivity contribution in [3.63, 3.8) is 0 Å². The van der Waals surface area contributed by atoms with Gasteiger partial charge in [0, 0.05) is 22.7 Å². The van der Waals surface area contributed by atoms with E-state index in [-0.39, 0.29) is 27.9 Å². The predicted molar refractivity (Wildman–Crippen MR) is 98.5 cm³/mol. The van der Waals surface area contributed by atoms with E-state index in [0.29, 0.717) is 5.56 Å². The first-order valence-electron chi connectivity index (χ1n) is 7.81. The molecule has 0 bridgehead atoms. The van der Waals surface area contributed by atoms with E-state index >= 15 is 0 Å². The zero-order chi connectivity index (χ0) is 19.6. The molecule has 4 N–H and O–H groups in total. The number of benzene rings is 2. The van der Waals surface area contributed by atoms with Gasteiger partial charge in [0.1, 0.15) is 0 Å². The normalized spacial score (nSPS) is 12.2. The van der Waals surface area contributed by atoms with Crippen molar-refractivity contribution in [3.05, 3.63) is 77.5 Å². The van der Waals surface area contributed by atoms with Gasteiger partial charge in [-0.3, -0.25) is 15.8 Å². The number of aliphatic imine (C=N–C) groups is 1. The van der Waals surface area contributed by atoms with E-state index in [0.717, 1.165) is 6.07 Å². The largest absolute Gasteiger partial charge is 0.418 e. The highest BCUT2D eigenvalue weighted by molar-refractivity contribution is 6.53. The lowest BCUT2D eigenvalue weighted by atomic mass is 9.96. The lowest BCUT2D eigenvalue weighted by Crippen LogP contribution is -2.21. The Balaban J connectivity index is 2.21. The lowest BCUT2D eigenvalue weighted by Gasteiger charge is -2.14. The minimum absolute atomic E-state index is 0.00618. The molecule has 0 atom stereocenters. The fourth-order valence-corrected chi connectivity index (χ4v) is 2.67. The molecular formula is C19H14F3N5. The van der Waals surface area contributed by atoms with Crippen molar-refractivity contribution in [2.45, 2.75) is 6.18 Å². The molecule has 8 heteroatoms. The number of halogens is 3. The van der Waals surface area contributed by atoms with Gasteiger partial charge in [0.15, 0.2) is 0 Å². The molecule has 0 aliphatic rings. The minimum Gasteiger partial charge on any atom is -0.368 e. The van der Waals surface area contributed by atoms with E-state index in [1.165, 1.54) is 24.4 Å². The van der Waals surface area contributed by atoms with E-state index < -0.39 is 17.7 Å². The van der Waals surface area contributed by atoms with Crippen LogP contribution in [0.3, 0.4) is 0 Å². The Morgan fingerprint density at radius 1 is 0.963 bits per heavy atom. The number of pyridine rings is 1. The van der Waals surface area contributed by atoms with Crippen LogP contribution >= 0.6 is 0 Å². The summed E-state index contributed by atoms with van der Waals surface area (Å²) in [6.45, 7) is 0. The van der Waals surface area contributed by atoms with E-state index in [1.54, 1.807) is 30.3 Å². The Bertz CT molecular complexity index is 1060. The second kappa shape index (κ2) is 6.99. The summed E-state index contributed by atoms with van der Waals surface area (Å²) in [5.41, 5.74) is 4.44. The van der Waals surface area contributed by atoms with Crippen LogP contribution in [0.2, 0.25) is 0 Å². The molecule has 0 saturated carbocycles. The number of nitrogens with two attached hydrogens (primary N) is 1. The number of hydrogen-bond acceptors (Lipinski definition) is 3. The highest BCUT2D eigenvalue weighted by Gasteiger charge is 2.34. The molecule has 2 aromatic carbocycles. The molecule has 1 aromatic heterocycles. The van der Waals surface area contributed by atoms with Crippen LogP contribution in [0, 0.1) is 10.8 Å². The van der Waals surface area contributed by atoms with Gasteiger partial charge in [-0.05, 0) is 18.2 Å². The SMILES string of the molecule is N=C(N)/N=C(\C(=N)c1cc(C(F)(F)F)c2ncccc2c1)c1ccccc1. The summed E-state index contributed by atoms with van der Waals surface area (Å²) in [4.78, 5) is 7.68. The van der Waals surface area contributed by atoms with Gasteiger partial charge in [-0.2, -0.15) is 13.2 Å². The number of guanidine groups is 1. The molecular weight excluding hydrogens is 355 g/mol. The zero-order valence-electron chi connectivity index (χ0n) is 13.9. The average molecular weight is 369 g/mol. The van der Waals surface area contributed by atoms with Crippen molar-refractivity contribution in [2.24, 2.45) is 10.7 Å². The summed E-state index contributed by atoms with van der Waals surface area (Å²) < 4.78 is 40.5. The third kappa shape index (κ3) is 3.84. The smallest absolute Gasteiger partial charge is 0.368 e. The number of aromatic nitrogens is 1. The van der Waals surface area contributed by atoms with Gasteiger partial charge >= 0.3 is 6.18 Å². The van der Waals surface area contributed by atoms with Crippen LogP contribution in [0.5, 0.6) is 0 Å². The molecule has 3 rings (SSSR count). The van der Waals surface area contributed by atoms with Gasteiger partial charge in [-0.1, -0.05) is 36.4 Å². The summed E-state index contributed by atoms with van der Waals surface area (Å²) in [7, 11) is 0.